The molecule has 0 saturated carbocycles. The van der Waals surface area contributed by atoms with Gasteiger partial charge in [-0.15, -0.1) is 0 Å². The highest BCUT2D eigenvalue weighted by Crippen LogP contribution is 2.62. The molecule has 71 heavy (non-hydrogen) atoms. The molecule has 0 atom stereocenters. The second kappa shape index (κ2) is 16.3. The van der Waals surface area contributed by atoms with E-state index in [1.165, 1.54) is 105 Å². The van der Waals surface area contributed by atoms with Crippen LogP contribution in [0.2, 0.25) is 0 Å². The minimum Gasteiger partial charge on any atom is -0.454 e. The summed E-state index contributed by atoms with van der Waals surface area (Å²) in [7, 11) is 0. The van der Waals surface area contributed by atoms with E-state index in [1.807, 2.05) is 0 Å². The molecule has 2 nitrogen and oxygen atoms in total. The highest BCUT2D eigenvalue weighted by Gasteiger charge is 2.50. The molecule has 0 aliphatic heterocycles. The van der Waals surface area contributed by atoms with E-state index in [0.717, 1.165) is 44.6 Å². The molecule has 0 amide bonds. The number of hydrogen-bond donors (Lipinski definition) is 0. The SMILES string of the molecule is Cc1cc(C)c(C2(c3c(C)cc(C)cc3C)c3ccccc3-c3c(N(c4ccc(-c5ccc6cc(-c7ccc8ccccc8c7)ccc6c5)cc4)c4cccc5c4oc4ccccc45)cccc32)c(C)c1. The van der Waals surface area contributed by atoms with Gasteiger partial charge in [0.1, 0.15) is 5.58 Å². The first kappa shape index (κ1) is 42.6. The van der Waals surface area contributed by atoms with Crippen LogP contribution in [0, 0.1) is 41.5 Å². The van der Waals surface area contributed by atoms with Crippen LogP contribution in [-0.4, -0.2) is 0 Å². The maximum absolute atomic E-state index is 6.91. The van der Waals surface area contributed by atoms with Gasteiger partial charge in [0.25, 0.3) is 0 Å². The third kappa shape index (κ3) is 6.62. The van der Waals surface area contributed by atoms with Gasteiger partial charge in [-0.2, -0.15) is 0 Å². The number of hydrogen-bond acceptors (Lipinski definition) is 2. The number of nitrogens with zero attached hydrogens (tertiary/aromatic N) is 1. The Kier molecular flexibility index (Phi) is 9.80. The van der Waals surface area contributed by atoms with E-state index >= 15 is 0 Å². The van der Waals surface area contributed by atoms with Gasteiger partial charge in [0.15, 0.2) is 5.58 Å². The molecule has 13 rings (SSSR count). The number of benzene rings is 11. The van der Waals surface area contributed by atoms with Gasteiger partial charge in [-0.25, -0.2) is 0 Å². The first-order valence-electron chi connectivity index (χ1n) is 24.9. The number of aryl methyl sites for hydroxylation is 6. The lowest BCUT2D eigenvalue weighted by Crippen LogP contribution is -2.32. The molecule has 0 spiro atoms. The number of rotatable bonds is 7. The molecule has 1 aliphatic carbocycles. The first-order valence-corrected chi connectivity index (χ1v) is 24.9. The lowest BCUT2D eigenvalue weighted by Gasteiger charge is -2.39. The van der Waals surface area contributed by atoms with Gasteiger partial charge in [-0.3, -0.25) is 0 Å². The average Bonchev–Trinajstić information content (AvgIpc) is 3.91. The summed E-state index contributed by atoms with van der Waals surface area (Å²) in [5.41, 5.74) is 24.7. The first-order chi connectivity index (χ1) is 34.6. The van der Waals surface area contributed by atoms with Crippen molar-refractivity contribution in [1.29, 1.82) is 0 Å². The zero-order valence-corrected chi connectivity index (χ0v) is 41.1. The Labute approximate surface area is 416 Å². The number of anilines is 3. The molecule has 0 unspecified atom stereocenters. The summed E-state index contributed by atoms with van der Waals surface area (Å²) in [6.07, 6.45) is 0. The lowest BCUT2D eigenvalue weighted by molar-refractivity contribution is 0.669. The van der Waals surface area contributed by atoms with Crippen LogP contribution in [-0.2, 0) is 5.41 Å². The molecule has 0 saturated heterocycles. The van der Waals surface area contributed by atoms with Crippen molar-refractivity contribution < 1.29 is 4.42 Å². The number of para-hydroxylation sites is 2. The maximum Gasteiger partial charge on any atom is 0.159 e. The quantitative estimate of drug-likeness (QED) is 0.158. The molecule has 12 aromatic rings. The largest absolute Gasteiger partial charge is 0.454 e. The third-order valence-corrected chi connectivity index (χ3v) is 15.4. The molecule has 11 aromatic carbocycles. The number of furan rings is 1. The highest BCUT2D eigenvalue weighted by molar-refractivity contribution is 6.11. The van der Waals surface area contributed by atoms with Crippen molar-refractivity contribution in [2.75, 3.05) is 4.90 Å². The second-order valence-electron chi connectivity index (χ2n) is 20.0. The van der Waals surface area contributed by atoms with Gasteiger partial charge >= 0.3 is 0 Å². The van der Waals surface area contributed by atoms with Crippen molar-refractivity contribution >= 4 is 60.5 Å². The lowest BCUT2D eigenvalue weighted by atomic mass is 9.63. The van der Waals surface area contributed by atoms with E-state index < -0.39 is 5.41 Å². The topological polar surface area (TPSA) is 16.4 Å². The van der Waals surface area contributed by atoms with E-state index in [-0.39, 0.29) is 0 Å². The molecule has 2 heteroatoms. The zero-order chi connectivity index (χ0) is 48.1. The fourth-order valence-electron chi connectivity index (χ4n) is 12.8. The van der Waals surface area contributed by atoms with Crippen molar-refractivity contribution in [3.8, 4) is 33.4 Å². The fraction of sp³-hybridized carbons (Fsp3) is 0.101. The fourth-order valence-corrected chi connectivity index (χ4v) is 12.8. The van der Waals surface area contributed by atoms with Crippen LogP contribution >= 0.6 is 0 Å². The Bertz CT molecular complexity index is 4030. The van der Waals surface area contributed by atoms with Crippen molar-refractivity contribution in [2.24, 2.45) is 0 Å². The Morgan fingerprint density at radius 2 is 0.845 bits per heavy atom. The molecule has 0 fully saturated rings. The van der Waals surface area contributed by atoms with Gasteiger partial charge in [0.2, 0.25) is 0 Å². The summed E-state index contributed by atoms with van der Waals surface area (Å²) in [6.45, 7) is 13.7. The minimum absolute atomic E-state index is 0.584. The van der Waals surface area contributed by atoms with Crippen LogP contribution < -0.4 is 4.90 Å². The molecule has 1 heterocycles. The van der Waals surface area contributed by atoms with Crippen LogP contribution in [0.1, 0.15) is 55.6 Å². The predicted octanol–water partition coefficient (Wildman–Crippen LogP) is 18.9. The van der Waals surface area contributed by atoms with Gasteiger partial charge in [0.05, 0.1) is 16.8 Å². The Morgan fingerprint density at radius 1 is 0.366 bits per heavy atom. The average molecular weight is 912 g/mol. The van der Waals surface area contributed by atoms with Crippen LogP contribution in [0.5, 0.6) is 0 Å². The summed E-state index contributed by atoms with van der Waals surface area (Å²) >= 11 is 0. The van der Waals surface area contributed by atoms with Crippen LogP contribution in [0.4, 0.5) is 17.1 Å². The monoisotopic (exact) mass is 911 g/mol. The standard InChI is InChI=1S/C69H53NO/c1-42-35-44(3)66(45(4)36-42)69(67-46(5)37-43(2)38-47(67)6)60-20-11-9-18-59(60)65-61(69)21-14-22-62(65)70(63-23-13-19-58-57-17-10-12-24-64(57)71-68(58)63)56-33-31-49(32-34-56)51-27-28-54-41-55(30-29-53(54)40-51)52-26-25-48-15-7-8-16-50(48)39-52/h7-41H,1-6H3. The van der Waals surface area contributed by atoms with Crippen LogP contribution in [0.25, 0.3) is 76.9 Å². The van der Waals surface area contributed by atoms with Crippen molar-refractivity contribution in [3.05, 3.63) is 268 Å². The third-order valence-electron chi connectivity index (χ3n) is 15.4. The number of fused-ring (bicyclic) bond motifs is 8. The van der Waals surface area contributed by atoms with Gasteiger partial charge < -0.3 is 9.32 Å². The van der Waals surface area contributed by atoms with Gasteiger partial charge in [-0.05, 0) is 184 Å². The van der Waals surface area contributed by atoms with E-state index in [4.69, 9.17) is 4.42 Å². The second-order valence-corrected chi connectivity index (χ2v) is 20.0. The molecular formula is C69H53NO. The van der Waals surface area contributed by atoms with Crippen LogP contribution in [0.15, 0.2) is 217 Å². The van der Waals surface area contributed by atoms with E-state index in [9.17, 15) is 0 Å². The summed E-state index contributed by atoms with van der Waals surface area (Å²) < 4.78 is 6.91. The minimum atomic E-state index is -0.584. The highest BCUT2D eigenvalue weighted by atomic mass is 16.3. The summed E-state index contributed by atoms with van der Waals surface area (Å²) in [5.74, 6) is 0. The Balaban J connectivity index is 1.01. The van der Waals surface area contributed by atoms with Crippen molar-refractivity contribution in [3.63, 3.8) is 0 Å². The molecular weight excluding hydrogens is 859 g/mol. The van der Waals surface area contributed by atoms with E-state index in [0.29, 0.717) is 0 Å². The van der Waals surface area contributed by atoms with Crippen molar-refractivity contribution in [2.45, 2.75) is 47.0 Å². The van der Waals surface area contributed by atoms with Gasteiger partial charge in [0, 0.05) is 22.0 Å². The summed E-state index contributed by atoms with van der Waals surface area (Å²) in [6, 6.07) is 78.9. The maximum atomic E-state index is 6.91. The van der Waals surface area contributed by atoms with Crippen LogP contribution in [0.3, 0.4) is 0 Å². The molecule has 0 N–H and O–H groups in total. The summed E-state index contributed by atoms with van der Waals surface area (Å²) in [5, 5.41) is 7.16. The van der Waals surface area contributed by atoms with E-state index in [1.54, 1.807) is 0 Å². The smallest absolute Gasteiger partial charge is 0.159 e. The molecule has 0 radical (unpaired) electrons. The molecule has 1 aliphatic rings. The molecule has 0 bridgehead atoms. The molecule has 1 aromatic heterocycles. The Hall–Kier alpha value is -8.46. The summed E-state index contributed by atoms with van der Waals surface area (Å²) in [4.78, 5) is 2.46. The normalized spacial score (nSPS) is 12.8. The van der Waals surface area contributed by atoms with Gasteiger partial charge in [-0.1, -0.05) is 175 Å². The van der Waals surface area contributed by atoms with E-state index in [2.05, 4.69) is 259 Å². The zero-order valence-electron chi connectivity index (χ0n) is 41.1. The Morgan fingerprint density at radius 3 is 1.51 bits per heavy atom. The predicted molar refractivity (Wildman–Crippen MR) is 300 cm³/mol. The van der Waals surface area contributed by atoms with Crippen molar-refractivity contribution in [1.82, 2.24) is 0 Å². The molecule has 340 valence electrons.